The van der Waals surface area contributed by atoms with E-state index in [9.17, 15) is 32.6 Å². The Kier molecular flexibility index (Phi) is 9.33. The average molecular weight is 538 g/mol. The number of nitro benzene ring substituents is 1. The van der Waals surface area contributed by atoms with Crippen molar-refractivity contribution in [1.29, 1.82) is 0 Å². The van der Waals surface area contributed by atoms with Gasteiger partial charge in [0.25, 0.3) is 5.69 Å². The molecular weight excluding hydrogens is 514 g/mol. The summed E-state index contributed by atoms with van der Waals surface area (Å²) in [6.45, 7) is 5.93. The second kappa shape index (κ2) is 11.4. The van der Waals surface area contributed by atoms with E-state index in [0.717, 1.165) is 18.2 Å². The number of alkyl halides is 3. The summed E-state index contributed by atoms with van der Waals surface area (Å²) in [5.74, 6) is -0.736. The van der Waals surface area contributed by atoms with Crippen molar-refractivity contribution in [3.63, 3.8) is 0 Å². The standard InChI is InChI=1S/C22H24ClF3NO7P/c1-5-6-13-9-16(27(29)30)19(35(31)33-12-32-20(28)21(2,3)4)11-18(13)34-17-8-7-14(10-15(17)23)22(24,25)26/h7-11,35H,5-6,12H2,1-4H3. The van der Waals surface area contributed by atoms with Crippen LogP contribution in [-0.4, -0.2) is 17.7 Å². The maximum Gasteiger partial charge on any atom is 0.416 e. The van der Waals surface area contributed by atoms with Crippen molar-refractivity contribution < 1.29 is 41.5 Å². The molecule has 1 atom stereocenters. The van der Waals surface area contributed by atoms with E-state index in [0.29, 0.717) is 24.5 Å². The molecule has 8 nitrogen and oxygen atoms in total. The van der Waals surface area contributed by atoms with Crippen LogP contribution in [0.25, 0.3) is 0 Å². The molecule has 2 rings (SSSR count). The van der Waals surface area contributed by atoms with Gasteiger partial charge in [-0.3, -0.25) is 24.0 Å². The second-order valence-electron chi connectivity index (χ2n) is 8.46. The summed E-state index contributed by atoms with van der Waals surface area (Å²) in [7, 11) is -3.29. The lowest BCUT2D eigenvalue weighted by atomic mass is 9.98. The normalized spacial score (nSPS) is 12.8. The average Bonchev–Trinajstić information content (AvgIpc) is 2.74. The Labute approximate surface area is 205 Å². The number of carbonyl (C=O) groups is 1. The van der Waals surface area contributed by atoms with Gasteiger partial charge in [-0.2, -0.15) is 13.2 Å². The summed E-state index contributed by atoms with van der Waals surface area (Å²) in [5.41, 5.74) is -1.95. The van der Waals surface area contributed by atoms with Crippen LogP contribution in [0.5, 0.6) is 11.5 Å². The molecule has 0 aliphatic carbocycles. The van der Waals surface area contributed by atoms with Crippen molar-refractivity contribution in [2.75, 3.05) is 6.79 Å². The highest BCUT2D eigenvalue weighted by Gasteiger charge is 2.31. The molecule has 0 bridgehead atoms. The summed E-state index contributed by atoms with van der Waals surface area (Å²) in [5, 5.41) is 11.0. The maximum absolute atomic E-state index is 12.9. The first kappa shape index (κ1) is 28.6. The Hall–Kier alpha value is -2.62. The van der Waals surface area contributed by atoms with E-state index in [1.54, 1.807) is 20.8 Å². The summed E-state index contributed by atoms with van der Waals surface area (Å²) >= 11 is 5.97. The summed E-state index contributed by atoms with van der Waals surface area (Å²) in [4.78, 5) is 22.7. The monoisotopic (exact) mass is 537 g/mol. The number of nitrogens with zero attached hydrogens (tertiary/aromatic N) is 1. The molecule has 2 aromatic rings. The molecule has 0 fully saturated rings. The number of hydrogen-bond donors (Lipinski definition) is 0. The molecular formula is C22H24ClF3NO7P. The fourth-order valence-corrected chi connectivity index (χ4v) is 3.96. The van der Waals surface area contributed by atoms with Gasteiger partial charge in [-0.05, 0) is 45.4 Å². The maximum atomic E-state index is 12.9. The molecule has 35 heavy (non-hydrogen) atoms. The number of hydrogen-bond acceptors (Lipinski definition) is 7. The van der Waals surface area contributed by atoms with Crippen molar-refractivity contribution in [2.45, 2.75) is 46.7 Å². The van der Waals surface area contributed by atoms with Crippen molar-refractivity contribution in [3.8, 4) is 11.5 Å². The minimum Gasteiger partial charge on any atom is -0.455 e. The molecule has 0 saturated carbocycles. The summed E-state index contributed by atoms with van der Waals surface area (Å²) in [6.07, 6.45) is -3.73. The second-order valence-corrected chi connectivity index (χ2v) is 10.3. The van der Waals surface area contributed by atoms with Gasteiger partial charge < -0.3 is 9.47 Å². The van der Waals surface area contributed by atoms with Gasteiger partial charge in [0.15, 0.2) is 6.79 Å². The zero-order valence-corrected chi connectivity index (χ0v) is 21.1. The number of benzene rings is 2. The number of nitro groups is 1. The van der Waals surface area contributed by atoms with Gasteiger partial charge in [0.2, 0.25) is 8.03 Å². The van der Waals surface area contributed by atoms with Gasteiger partial charge in [0, 0.05) is 17.7 Å². The number of ether oxygens (including phenoxy) is 2. The van der Waals surface area contributed by atoms with Gasteiger partial charge in [-0.1, -0.05) is 24.9 Å². The van der Waals surface area contributed by atoms with Crippen LogP contribution in [0, 0.1) is 15.5 Å². The number of halogens is 4. The summed E-state index contributed by atoms with van der Waals surface area (Å²) in [6, 6.07) is 4.79. The zero-order chi connectivity index (χ0) is 26.6. The predicted molar refractivity (Wildman–Crippen MR) is 124 cm³/mol. The number of aryl methyl sites for hydroxylation is 1. The highest BCUT2D eigenvalue weighted by molar-refractivity contribution is 7.48. The van der Waals surface area contributed by atoms with Gasteiger partial charge in [0.05, 0.1) is 20.9 Å². The lowest BCUT2D eigenvalue weighted by Gasteiger charge is -2.17. The van der Waals surface area contributed by atoms with Crippen LogP contribution in [0.2, 0.25) is 5.02 Å². The molecule has 1 unspecified atom stereocenters. The van der Waals surface area contributed by atoms with Gasteiger partial charge in [-0.25, -0.2) is 0 Å². The molecule has 0 saturated heterocycles. The topological polar surface area (TPSA) is 105 Å². The molecule has 13 heteroatoms. The molecule has 0 spiro atoms. The fraction of sp³-hybridized carbons (Fsp3) is 0.409. The minimum absolute atomic E-state index is 0.0164. The van der Waals surface area contributed by atoms with E-state index in [1.165, 1.54) is 6.07 Å². The first-order valence-corrected chi connectivity index (χ1v) is 12.0. The van der Waals surface area contributed by atoms with Gasteiger partial charge in [0.1, 0.15) is 16.8 Å². The molecule has 0 aromatic heterocycles. The molecule has 0 aliphatic heterocycles. The fourth-order valence-electron chi connectivity index (χ4n) is 2.80. The lowest BCUT2D eigenvalue weighted by Crippen LogP contribution is -2.23. The van der Waals surface area contributed by atoms with Crippen LogP contribution >= 0.6 is 19.6 Å². The van der Waals surface area contributed by atoms with Crippen LogP contribution in [0.4, 0.5) is 18.9 Å². The number of carbonyl (C=O) groups excluding carboxylic acids is 1. The van der Waals surface area contributed by atoms with E-state index in [1.807, 2.05) is 6.92 Å². The van der Waals surface area contributed by atoms with Crippen LogP contribution in [0.1, 0.15) is 45.2 Å². The van der Waals surface area contributed by atoms with Crippen LogP contribution < -0.4 is 10.0 Å². The lowest BCUT2D eigenvalue weighted by molar-refractivity contribution is -0.383. The van der Waals surface area contributed by atoms with Gasteiger partial charge in [-0.15, -0.1) is 0 Å². The SMILES string of the molecule is CCCc1cc([N+](=O)[O-])c([PH](=O)OCOC(=O)C(C)(C)C)cc1Oc1ccc(C(F)(F)F)cc1Cl. The summed E-state index contributed by atoms with van der Waals surface area (Å²) < 4.78 is 67.2. The van der Waals surface area contributed by atoms with Gasteiger partial charge >= 0.3 is 12.1 Å². The molecule has 0 radical (unpaired) electrons. The molecule has 0 aliphatic rings. The number of rotatable bonds is 9. The third-order valence-electron chi connectivity index (χ3n) is 4.59. The Morgan fingerprint density at radius 3 is 2.31 bits per heavy atom. The first-order chi connectivity index (χ1) is 16.1. The Morgan fingerprint density at radius 2 is 1.80 bits per heavy atom. The smallest absolute Gasteiger partial charge is 0.416 e. The molecule has 0 heterocycles. The largest absolute Gasteiger partial charge is 0.455 e. The predicted octanol–water partition coefficient (Wildman–Crippen LogP) is 6.68. The minimum atomic E-state index is -4.61. The first-order valence-electron chi connectivity index (χ1n) is 10.4. The Bertz CT molecular complexity index is 1130. The Balaban J connectivity index is 2.41. The quantitative estimate of drug-likeness (QED) is 0.115. The van der Waals surface area contributed by atoms with Crippen molar-refractivity contribution in [3.05, 3.63) is 56.6 Å². The molecule has 2 aromatic carbocycles. The highest BCUT2D eigenvalue weighted by atomic mass is 35.5. The highest BCUT2D eigenvalue weighted by Crippen LogP contribution is 2.39. The third kappa shape index (κ3) is 7.68. The van der Waals surface area contributed by atoms with Crippen molar-refractivity contribution >= 4 is 36.6 Å². The molecule has 192 valence electrons. The van der Waals surface area contributed by atoms with Crippen LogP contribution in [-0.2, 0) is 31.2 Å². The van der Waals surface area contributed by atoms with Crippen molar-refractivity contribution in [1.82, 2.24) is 0 Å². The van der Waals surface area contributed by atoms with E-state index in [2.05, 4.69) is 0 Å². The number of esters is 1. The van der Waals surface area contributed by atoms with E-state index in [4.69, 9.17) is 25.6 Å². The van der Waals surface area contributed by atoms with E-state index >= 15 is 0 Å². The van der Waals surface area contributed by atoms with E-state index in [-0.39, 0.29) is 21.8 Å². The molecule has 0 amide bonds. The third-order valence-corrected chi connectivity index (χ3v) is 6.10. The van der Waals surface area contributed by atoms with Crippen LogP contribution in [0.15, 0.2) is 30.3 Å². The Morgan fingerprint density at radius 1 is 1.14 bits per heavy atom. The van der Waals surface area contributed by atoms with Crippen LogP contribution in [0.3, 0.4) is 0 Å². The molecule has 0 N–H and O–H groups in total. The van der Waals surface area contributed by atoms with E-state index < -0.39 is 48.6 Å². The zero-order valence-electron chi connectivity index (χ0n) is 19.3. The van der Waals surface area contributed by atoms with Crippen molar-refractivity contribution in [2.24, 2.45) is 5.41 Å².